The Kier molecular flexibility index (Phi) is 5.63. The van der Waals surface area contributed by atoms with Gasteiger partial charge in [0.25, 0.3) is 20.2 Å². The monoisotopic (exact) mass is 449 g/mol. The Balaban J connectivity index is 2.17. The molecule has 0 aromatic heterocycles. The third-order valence-electron chi connectivity index (χ3n) is 4.00. The molecule has 0 aliphatic heterocycles. The van der Waals surface area contributed by atoms with Crippen LogP contribution in [0, 0.1) is 0 Å². The maximum absolute atomic E-state index is 13.0. The highest BCUT2D eigenvalue weighted by Gasteiger charge is 2.25. The van der Waals surface area contributed by atoms with E-state index in [0.717, 1.165) is 18.2 Å². The fourth-order valence-corrected chi connectivity index (χ4v) is 3.77. The highest BCUT2D eigenvalue weighted by molar-refractivity contribution is 7.86. The van der Waals surface area contributed by atoms with E-state index in [4.69, 9.17) is 10.5 Å². The minimum atomic E-state index is -4.77. The van der Waals surface area contributed by atoms with Crippen molar-refractivity contribution < 1.29 is 35.5 Å². The molecule has 0 saturated heterocycles. The van der Waals surface area contributed by atoms with Crippen LogP contribution in [0.5, 0.6) is 11.5 Å². The van der Waals surface area contributed by atoms with Gasteiger partial charge in [-0.25, -0.2) is 0 Å². The average molecular weight is 449 g/mol. The predicted octanol–water partition coefficient (Wildman–Crippen LogP) is 2.79. The molecule has 0 radical (unpaired) electrons. The van der Waals surface area contributed by atoms with Gasteiger partial charge in [-0.3, -0.25) is 13.9 Å². The van der Waals surface area contributed by atoms with Gasteiger partial charge >= 0.3 is 0 Å². The minimum Gasteiger partial charge on any atom is -0.455 e. The minimum absolute atomic E-state index is 0.140. The lowest BCUT2D eigenvalue weighted by Crippen LogP contribution is -2.09. The molecule has 0 amide bonds. The predicted molar refractivity (Wildman–Crippen MR) is 107 cm³/mol. The summed E-state index contributed by atoms with van der Waals surface area (Å²) in [4.78, 5) is 11.8. The number of hydrogen-bond donors (Lipinski definition) is 3. The zero-order chi connectivity index (χ0) is 22.1. The number of ketones is 1. The van der Waals surface area contributed by atoms with E-state index in [1.54, 1.807) is 0 Å². The van der Waals surface area contributed by atoms with Crippen molar-refractivity contribution in [2.45, 2.75) is 9.79 Å². The summed E-state index contributed by atoms with van der Waals surface area (Å²) in [5.74, 6) is -1.11. The molecule has 0 spiro atoms. The molecule has 0 fully saturated rings. The third-order valence-corrected chi connectivity index (χ3v) is 5.72. The largest absolute Gasteiger partial charge is 0.455 e. The van der Waals surface area contributed by atoms with Gasteiger partial charge in [0.1, 0.15) is 10.6 Å². The molecule has 3 aromatic rings. The van der Waals surface area contributed by atoms with Crippen molar-refractivity contribution in [2.24, 2.45) is 0 Å². The van der Waals surface area contributed by atoms with Gasteiger partial charge in [0.2, 0.25) is 0 Å². The van der Waals surface area contributed by atoms with Gasteiger partial charge in [-0.05, 0) is 48.5 Å². The maximum Gasteiger partial charge on any atom is 0.298 e. The molecule has 3 rings (SSSR count). The topological polar surface area (TPSA) is 161 Å². The average Bonchev–Trinajstić information content (AvgIpc) is 2.68. The lowest BCUT2D eigenvalue weighted by Gasteiger charge is -2.14. The Bertz CT molecular complexity index is 1330. The lowest BCUT2D eigenvalue weighted by molar-refractivity contribution is 0.103. The van der Waals surface area contributed by atoms with Gasteiger partial charge in [-0.1, -0.05) is 18.2 Å². The molecular weight excluding hydrogens is 434 g/mol. The number of nitrogen functional groups attached to an aromatic ring is 1. The molecule has 0 saturated carbocycles. The fourth-order valence-electron chi connectivity index (χ4n) is 2.61. The number of para-hydroxylation sites is 1. The fraction of sp³-hybridized carbons (Fsp3) is 0. The Morgan fingerprint density at radius 3 is 2.07 bits per heavy atom. The number of nitrogens with two attached hydrogens (primary N) is 1. The highest BCUT2D eigenvalue weighted by atomic mass is 32.2. The third kappa shape index (κ3) is 4.66. The standard InChI is InChI=1S/C19H15NO8S2/c20-13-7-9-14(10-8-13)28-19-16(5-2-6-17(19)30(25,26)27)18(21)12-3-1-4-15(11-12)29(22,23)24/h1-11H,20H2,(H,22,23,24)(H,25,26,27). The molecule has 0 heterocycles. The number of hydrogen-bond acceptors (Lipinski definition) is 7. The summed E-state index contributed by atoms with van der Waals surface area (Å²) in [5, 5.41) is 0. The Morgan fingerprint density at radius 1 is 0.833 bits per heavy atom. The summed E-state index contributed by atoms with van der Waals surface area (Å²) in [6.07, 6.45) is 0. The van der Waals surface area contributed by atoms with Crippen molar-refractivity contribution in [1.29, 1.82) is 0 Å². The number of carbonyl (C=O) groups is 1. The number of ether oxygens (including phenoxy) is 1. The molecule has 0 aliphatic rings. The molecule has 11 heteroatoms. The quantitative estimate of drug-likeness (QED) is 0.292. The Labute approximate surface area is 172 Å². The molecule has 4 N–H and O–H groups in total. The van der Waals surface area contributed by atoms with Crippen molar-refractivity contribution in [3.63, 3.8) is 0 Å². The van der Waals surface area contributed by atoms with Crippen LogP contribution < -0.4 is 10.5 Å². The molecule has 30 heavy (non-hydrogen) atoms. The summed E-state index contributed by atoms with van der Waals surface area (Å²) in [7, 11) is -9.34. The molecule has 0 unspecified atom stereocenters. The van der Waals surface area contributed by atoms with E-state index in [9.17, 15) is 30.7 Å². The van der Waals surface area contributed by atoms with Crippen LogP contribution >= 0.6 is 0 Å². The first-order valence-corrected chi connectivity index (χ1v) is 11.1. The number of benzene rings is 3. The second-order valence-electron chi connectivity index (χ2n) is 6.11. The molecule has 156 valence electrons. The normalized spacial score (nSPS) is 11.8. The first-order chi connectivity index (χ1) is 14.0. The first-order valence-electron chi connectivity index (χ1n) is 8.23. The molecule has 0 aliphatic carbocycles. The number of carbonyl (C=O) groups excluding carboxylic acids is 1. The van der Waals surface area contributed by atoms with E-state index in [0.29, 0.717) is 5.69 Å². The van der Waals surface area contributed by atoms with E-state index >= 15 is 0 Å². The summed E-state index contributed by atoms with van der Waals surface area (Å²) >= 11 is 0. The molecule has 0 bridgehead atoms. The summed E-state index contributed by atoms with van der Waals surface area (Å²) in [5.41, 5.74) is 5.62. The first kappa shape index (κ1) is 21.5. The van der Waals surface area contributed by atoms with E-state index in [1.807, 2.05) is 0 Å². The van der Waals surface area contributed by atoms with Crippen LogP contribution in [0.1, 0.15) is 15.9 Å². The van der Waals surface area contributed by atoms with Crippen LogP contribution in [-0.4, -0.2) is 31.7 Å². The molecule has 0 atom stereocenters. The van der Waals surface area contributed by atoms with Crippen LogP contribution in [0.2, 0.25) is 0 Å². The Hall–Kier alpha value is -3.25. The van der Waals surface area contributed by atoms with Crippen LogP contribution in [-0.2, 0) is 20.2 Å². The van der Waals surface area contributed by atoms with E-state index < -0.39 is 41.6 Å². The summed E-state index contributed by atoms with van der Waals surface area (Å²) < 4.78 is 70.7. The van der Waals surface area contributed by atoms with Crippen molar-refractivity contribution in [3.05, 3.63) is 77.9 Å². The molecular formula is C19H15NO8S2. The van der Waals surface area contributed by atoms with Crippen LogP contribution in [0.4, 0.5) is 5.69 Å². The van der Waals surface area contributed by atoms with Gasteiger partial charge in [-0.15, -0.1) is 0 Å². The Morgan fingerprint density at radius 2 is 1.47 bits per heavy atom. The number of rotatable bonds is 6. The second kappa shape index (κ2) is 7.88. The zero-order valence-electron chi connectivity index (χ0n) is 15.1. The van der Waals surface area contributed by atoms with Crippen molar-refractivity contribution in [1.82, 2.24) is 0 Å². The summed E-state index contributed by atoms with van der Waals surface area (Å²) in [6.45, 7) is 0. The summed E-state index contributed by atoms with van der Waals surface area (Å²) in [6, 6.07) is 13.9. The smallest absolute Gasteiger partial charge is 0.298 e. The molecule has 9 nitrogen and oxygen atoms in total. The van der Waals surface area contributed by atoms with Crippen LogP contribution in [0.15, 0.2) is 76.5 Å². The van der Waals surface area contributed by atoms with E-state index in [2.05, 4.69) is 0 Å². The van der Waals surface area contributed by atoms with Crippen LogP contribution in [0.3, 0.4) is 0 Å². The van der Waals surface area contributed by atoms with Gasteiger partial charge in [0.05, 0.1) is 10.5 Å². The highest BCUT2D eigenvalue weighted by Crippen LogP contribution is 2.34. The zero-order valence-corrected chi connectivity index (χ0v) is 16.7. The van der Waals surface area contributed by atoms with Crippen molar-refractivity contribution >= 4 is 31.7 Å². The van der Waals surface area contributed by atoms with Gasteiger partial charge in [0, 0.05) is 11.3 Å². The lowest BCUT2D eigenvalue weighted by atomic mass is 10.0. The van der Waals surface area contributed by atoms with Crippen LogP contribution in [0.25, 0.3) is 0 Å². The maximum atomic E-state index is 13.0. The van der Waals surface area contributed by atoms with E-state index in [1.165, 1.54) is 48.5 Å². The van der Waals surface area contributed by atoms with Gasteiger partial charge in [-0.2, -0.15) is 16.8 Å². The van der Waals surface area contributed by atoms with Gasteiger partial charge < -0.3 is 10.5 Å². The van der Waals surface area contributed by atoms with Crippen molar-refractivity contribution in [3.8, 4) is 11.5 Å². The van der Waals surface area contributed by atoms with Gasteiger partial charge in [0.15, 0.2) is 11.5 Å². The second-order valence-corrected chi connectivity index (χ2v) is 8.92. The van der Waals surface area contributed by atoms with Crippen molar-refractivity contribution in [2.75, 3.05) is 5.73 Å². The SMILES string of the molecule is Nc1ccc(Oc2c(C(=O)c3cccc(S(=O)(=O)O)c3)cccc2S(=O)(=O)O)cc1. The molecule has 3 aromatic carbocycles. The number of anilines is 1. The van der Waals surface area contributed by atoms with E-state index in [-0.39, 0.29) is 16.9 Å².